The quantitative estimate of drug-likeness (QED) is 0.215. The molecule has 0 bridgehead atoms. The first-order valence-corrected chi connectivity index (χ1v) is 12.2. The standard InChI is InChI=1S/C26H20Cl2N8O2/c1-15-23(25(37)35(33-15)17-9-5-3-6-10-17)31-29-21-13-20(28)22(14-19(21)27)30-32-24-16(2)34-36(26(24)38)18-11-7-4-8-12-18/h3-14,33-34H,1-2H3. The zero-order valence-corrected chi connectivity index (χ0v) is 21.7. The third-order valence-corrected chi connectivity index (χ3v) is 6.25. The molecule has 3 aromatic carbocycles. The summed E-state index contributed by atoms with van der Waals surface area (Å²) in [5, 5.41) is 22.9. The van der Waals surface area contributed by atoms with Crippen LogP contribution in [-0.2, 0) is 0 Å². The topological polar surface area (TPSA) is 125 Å². The lowest BCUT2D eigenvalue weighted by Gasteiger charge is -2.01. The van der Waals surface area contributed by atoms with Gasteiger partial charge in [0.15, 0.2) is 11.4 Å². The number of benzene rings is 3. The number of para-hydroxylation sites is 2. The van der Waals surface area contributed by atoms with Gasteiger partial charge in [-0.1, -0.05) is 59.6 Å². The number of H-pyrrole nitrogens is 2. The van der Waals surface area contributed by atoms with Crippen molar-refractivity contribution in [2.24, 2.45) is 20.5 Å². The highest BCUT2D eigenvalue weighted by molar-refractivity contribution is 6.36. The number of hydrogen-bond donors (Lipinski definition) is 2. The average molecular weight is 547 g/mol. The van der Waals surface area contributed by atoms with E-state index in [1.165, 1.54) is 21.5 Å². The first-order valence-electron chi connectivity index (χ1n) is 11.4. The van der Waals surface area contributed by atoms with Crippen LogP contribution >= 0.6 is 23.2 Å². The van der Waals surface area contributed by atoms with Gasteiger partial charge in [-0.05, 0) is 50.2 Å². The van der Waals surface area contributed by atoms with Crippen LogP contribution in [0.4, 0.5) is 22.7 Å². The summed E-state index contributed by atoms with van der Waals surface area (Å²) in [6, 6.07) is 21.2. The van der Waals surface area contributed by atoms with E-state index in [-0.39, 0.29) is 43.9 Å². The second kappa shape index (κ2) is 10.4. The van der Waals surface area contributed by atoms with Gasteiger partial charge >= 0.3 is 0 Å². The number of nitrogens with zero attached hydrogens (tertiary/aromatic N) is 6. The van der Waals surface area contributed by atoms with Crippen LogP contribution in [0, 0.1) is 13.8 Å². The highest BCUT2D eigenvalue weighted by atomic mass is 35.5. The molecule has 12 heteroatoms. The minimum Gasteiger partial charge on any atom is -0.293 e. The van der Waals surface area contributed by atoms with E-state index in [1.54, 1.807) is 38.1 Å². The number of azo groups is 2. The Bertz CT molecular complexity index is 1670. The molecule has 0 saturated heterocycles. The average Bonchev–Trinajstić information content (AvgIpc) is 3.37. The number of hydrogen-bond acceptors (Lipinski definition) is 6. The van der Waals surface area contributed by atoms with Crippen molar-refractivity contribution in [3.63, 3.8) is 0 Å². The molecule has 38 heavy (non-hydrogen) atoms. The normalized spacial score (nSPS) is 11.7. The van der Waals surface area contributed by atoms with Crippen molar-refractivity contribution in [1.82, 2.24) is 19.6 Å². The molecule has 0 unspecified atom stereocenters. The lowest BCUT2D eigenvalue weighted by molar-refractivity contribution is 0.835. The van der Waals surface area contributed by atoms with Gasteiger partial charge in [-0.25, -0.2) is 9.36 Å². The van der Waals surface area contributed by atoms with Gasteiger partial charge in [0.1, 0.15) is 11.4 Å². The molecule has 5 rings (SSSR count). The van der Waals surface area contributed by atoms with Crippen LogP contribution < -0.4 is 11.1 Å². The zero-order valence-electron chi connectivity index (χ0n) is 20.2. The lowest BCUT2D eigenvalue weighted by atomic mass is 10.3. The molecule has 0 aliphatic rings. The summed E-state index contributed by atoms with van der Waals surface area (Å²) < 4.78 is 2.77. The predicted molar refractivity (Wildman–Crippen MR) is 147 cm³/mol. The van der Waals surface area contributed by atoms with Crippen LogP contribution in [0.2, 0.25) is 10.0 Å². The first kappa shape index (κ1) is 25.1. The molecule has 0 fully saturated rings. The Kier molecular flexibility index (Phi) is 6.91. The molecule has 0 radical (unpaired) electrons. The summed E-state index contributed by atoms with van der Waals surface area (Å²) in [5.74, 6) is 0. The van der Waals surface area contributed by atoms with Crippen molar-refractivity contribution in [2.45, 2.75) is 13.8 Å². The largest absolute Gasteiger partial charge is 0.299 e. The summed E-state index contributed by atoms with van der Waals surface area (Å²) in [4.78, 5) is 25.7. The van der Waals surface area contributed by atoms with Crippen molar-refractivity contribution in [2.75, 3.05) is 0 Å². The fraction of sp³-hybridized carbons (Fsp3) is 0.0769. The maximum absolute atomic E-state index is 12.8. The van der Waals surface area contributed by atoms with E-state index in [0.29, 0.717) is 22.8 Å². The van der Waals surface area contributed by atoms with Crippen LogP contribution in [-0.4, -0.2) is 19.6 Å². The Hall–Kier alpha value is -4.54. The Morgan fingerprint density at radius 2 is 0.974 bits per heavy atom. The smallest absolute Gasteiger partial charge is 0.293 e. The van der Waals surface area contributed by atoms with Crippen molar-refractivity contribution < 1.29 is 0 Å². The highest BCUT2D eigenvalue weighted by Crippen LogP contribution is 2.37. The molecule has 10 nitrogen and oxygen atoms in total. The van der Waals surface area contributed by atoms with Crippen LogP contribution in [0.1, 0.15) is 11.4 Å². The van der Waals surface area contributed by atoms with E-state index in [2.05, 4.69) is 30.7 Å². The van der Waals surface area contributed by atoms with Gasteiger partial charge in [0, 0.05) is 0 Å². The molecule has 2 aromatic heterocycles. The SMILES string of the molecule is Cc1[nH]n(-c2ccccc2)c(=O)c1N=Nc1cc(Cl)c(N=Nc2c(C)[nH]n(-c3ccccc3)c2=O)cc1Cl. The van der Waals surface area contributed by atoms with Crippen LogP contribution in [0.25, 0.3) is 11.4 Å². The molecule has 0 saturated carbocycles. The Balaban J connectivity index is 1.42. The molecule has 0 spiro atoms. The van der Waals surface area contributed by atoms with E-state index >= 15 is 0 Å². The molecule has 0 aliphatic heterocycles. The molecule has 0 atom stereocenters. The Morgan fingerprint density at radius 3 is 1.34 bits per heavy atom. The van der Waals surface area contributed by atoms with Crippen molar-refractivity contribution in [1.29, 1.82) is 0 Å². The number of rotatable bonds is 6. The molecule has 0 aliphatic carbocycles. The van der Waals surface area contributed by atoms with E-state index in [9.17, 15) is 9.59 Å². The van der Waals surface area contributed by atoms with Gasteiger partial charge in [-0.15, -0.1) is 20.5 Å². The maximum atomic E-state index is 12.8. The third-order valence-electron chi connectivity index (χ3n) is 5.64. The van der Waals surface area contributed by atoms with Crippen LogP contribution in [0.5, 0.6) is 0 Å². The van der Waals surface area contributed by atoms with E-state index in [4.69, 9.17) is 23.2 Å². The second-order valence-corrected chi connectivity index (χ2v) is 9.09. The van der Waals surface area contributed by atoms with Gasteiger partial charge in [-0.2, -0.15) is 0 Å². The van der Waals surface area contributed by atoms with Gasteiger partial charge in [0.05, 0.1) is 32.8 Å². The Morgan fingerprint density at radius 1 is 0.605 bits per heavy atom. The molecule has 2 N–H and O–H groups in total. The van der Waals surface area contributed by atoms with E-state index < -0.39 is 0 Å². The second-order valence-electron chi connectivity index (χ2n) is 8.28. The van der Waals surface area contributed by atoms with E-state index in [1.807, 2.05) is 36.4 Å². The minimum atomic E-state index is -0.354. The van der Waals surface area contributed by atoms with Crippen LogP contribution in [0.15, 0.2) is 103 Å². The molecule has 190 valence electrons. The maximum Gasteiger partial charge on any atom is 0.299 e. The monoisotopic (exact) mass is 546 g/mol. The minimum absolute atomic E-state index is 0.141. The van der Waals surface area contributed by atoms with E-state index in [0.717, 1.165) is 0 Å². The fourth-order valence-electron chi connectivity index (χ4n) is 3.72. The van der Waals surface area contributed by atoms with Gasteiger partial charge in [0.2, 0.25) is 0 Å². The van der Waals surface area contributed by atoms with Crippen molar-refractivity contribution in [3.8, 4) is 11.4 Å². The van der Waals surface area contributed by atoms with Crippen LogP contribution in [0.3, 0.4) is 0 Å². The summed E-state index contributed by atoms with van der Waals surface area (Å²) in [5.41, 5.74) is 2.48. The summed E-state index contributed by atoms with van der Waals surface area (Å²) in [6.45, 7) is 3.45. The number of aromatic amines is 2. The fourth-order valence-corrected chi connectivity index (χ4v) is 4.11. The predicted octanol–water partition coefficient (Wildman–Crippen LogP) is 7.40. The number of nitrogens with one attached hydrogen (secondary N) is 2. The summed E-state index contributed by atoms with van der Waals surface area (Å²) in [7, 11) is 0. The summed E-state index contributed by atoms with van der Waals surface area (Å²) in [6.07, 6.45) is 0. The molecule has 0 amide bonds. The zero-order chi connectivity index (χ0) is 26.8. The molecular formula is C26H20Cl2N8O2. The molecule has 2 heterocycles. The van der Waals surface area contributed by atoms with Crippen molar-refractivity contribution in [3.05, 3.63) is 115 Å². The first-order chi connectivity index (χ1) is 18.3. The van der Waals surface area contributed by atoms with Gasteiger partial charge < -0.3 is 0 Å². The van der Waals surface area contributed by atoms with Gasteiger partial charge in [0.25, 0.3) is 11.1 Å². The Labute approximate surface area is 225 Å². The number of aromatic nitrogens is 4. The number of aryl methyl sites for hydroxylation is 2. The van der Waals surface area contributed by atoms with Crippen molar-refractivity contribution >= 4 is 46.0 Å². The van der Waals surface area contributed by atoms with Gasteiger partial charge in [-0.3, -0.25) is 19.8 Å². The third kappa shape index (κ3) is 4.86. The molecular weight excluding hydrogens is 527 g/mol. The lowest BCUT2D eigenvalue weighted by Crippen LogP contribution is -2.13. The molecule has 5 aromatic rings. The summed E-state index contributed by atoms with van der Waals surface area (Å²) >= 11 is 12.8. The number of halogens is 2. The highest BCUT2D eigenvalue weighted by Gasteiger charge is 2.15.